The number of aryl methyl sites for hydroxylation is 1. The van der Waals surface area contributed by atoms with Gasteiger partial charge in [0.25, 0.3) is 0 Å². The van der Waals surface area contributed by atoms with E-state index >= 15 is 0 Å². The molecule has 0 aromatic heterocycles. The van der Waals surface area contributed by atoms with Crippen LogP contribution in [0.3, 0.4) is 0 Å². The molecule has 132 valence electrons. The Morgan fingerprint density at radius 2 is 1.80 bits per heavy atom. The van der Waals surface area contributed by atoms with Gasteiger partial charge in [0.15, 0.2) is 0 Å². The summed E-state index contributed by atoms with van der Waals surface area (Å²) >= 11 is 0. The first-order valence-corrected chi connectivity index (χ1v) is 8.09. The van der Waals surface area contributed by atoms with Gasteiger partial charge in [0.2, 0.25) is 5.91 Å². The Kier molecular flexibility index (Phi) is 5.80. The summed E-state index contributed by atoms with van der Waals surface area (Å²) in [5.41, 5.74) is 1.41. The van der Waals surface area contributed by atoms with Crippen molar-refractivity contribution >= 4 is 17.6 Å². The lowest BCUT2D eigenvalue weighted by molar-refractivity contribution is -0.142. The molecule has 2 aromatic carbocycles. The fourth-order valence-corrected chi connectivity index (χ4v) is 2.40. The Bertz CT molecular complexity index is 751. The molecule has 0 aliphatic heterocycles. The largest absolute Gasteiger partial charge is 0.497 e. The molecule has 0 aliphatic carbocycles. The summed E-state index contributed by atoms with van der Waals surface area (Å²) in [6, 6.07) is 14.5. The highest BCUT2D eigenvalue weighted by Crippen LogP contribution is 2.25. The van der Waals surface area contributed by atoms with Crippen molar-refractivity contribution in [2.45, 2.75) is 32.1 Å². The van der Waals surface area contributed by atoms with Crippen molar-refractivity contribution in [3.63, 3.8) is 0 Å². The van der Waals surface area contributed by atoms with Crippen LogP contribution in [0.5, 0.6) is 5.75 Å². The molecule has 0 bridgehead atoms. The minimum absolute atomic E-state index is 0.0898. The molecular weight excluding hydrogens is 318 g/mol. The first kappa shape index (κ1) is 18.5. The van der Waals surface area contributed by atoms with Gasteiger partial charge >= 0.3 is 5.97 Å². The Morgan fingerprint density at radius 1 is 1.12 bits per heavy atom. The molecule has 0 saturated heterocycles. The highest BCUT2D eigenvalue weighted by molar-refractivity contribution is 5.91. The summed E-state index contributed by atoms with van der Waals surface area (Å²) < 4.78 is 5.17. The number of ether oxygens (including phenoxy) is 1. The van der Waals surface area contributed by atoms with Crippen molar-refractivity contribution in [2.24, 2.45) is 0 Å². The van der Waals surface area contributed by atoms with Crippen LogP contribution in [-0.2, 0) is 21.4 Å². The lowest BCUT2D eigenvalue weighted by Gasteiger charge is -2.19. The monoisotopic (exact) mass is 341 g/mol. The molecule has 0 atom stereocenters. The number of rotatable bonds is 7. The molecule has 0 aliphatic rings. The van der Waals surface area contributed by atoms with Gasteiger partial charge in [-0.15, -0.1) is 0 Å². The molecule has 5 nitrogen and oxygen atoms in total. The van der Waals surface area contributed by atoms with E-state index in [0.29, 0.717) is 24.1 Å². The van der Waals surface area contributed by atoms with Crippen LogP contribution in [-0.4, -0.2) is 24.1 Å². The van der Waals surface area contributed by atoms with Crippen molar-refractivity contribution in [1.29, 1.82) is 0 Å². The number of carboxylic acid groups (broad SMARTS) is 1. The molecule has 1 amide bonds. The lowest BCUT2D eigenvalue weighted by Crippen LogP contribution is -2.28. The van der Waals surface area contributed by atoms with E-state index in [4.69, 9.17) is 4.74 Å². The third kappa shape index (κ3) is 4.83. The second kappa shape index (κ2) is 7.83. The van der Waals surface area contributed by atoms with Crippen LogP contribution in [0.2, 0.25) is 0 Å². The number of carboxylic acids is 1. The van der Waals surface area contributed by atoms with Crippen LogP contribution >= 0.6 is 0 Å². The van der Waals surface area contributed by atoms with Crippen LogP contribution in [0.25, 0.3) is 0 Å². The van der Waals surface area contributed by atoms with Crippen LogP contribution in [0, 0.1) is 0 Å². The van der Waals surface area contributed by atoms with E-state index in [2.05, 4.69) is 5.32 Å². The number of aliphatic carboxylic acids is 1. The summed E-state index contributed by atoms with van der Waals surface area (Å²) in [4.78, 5) is 23.4. The minimum atomic E-state index is -0.963. The molecule has 2 aromatic rings. The number of hydrogen-bond acceptors (Lipinski definition) is 3. The molecule has 5 heteroatoms. The molecule has 0 saturated carbocycles. The number of carbonyl (C=O) groups is 2. The zero-order valence-corrected chi connectivity index (χ0v) is 14.7. The second-order valence-corrected chi connectivity index (χ2v) is 6.41. The first-order chi connectivity index (χ1) is 11.8. The fourth-order valence-electron chi connectivity index (χ4n) is 2.40. The van der Waals surface area contributed by atoms with Crippen molar-refractivity contribution in [2.75, 3.05) is 12.4 Å². The molecule has 2 N–H and O–H groups in total. The predicted octanol–water partition coefficient (Wildman–Crippen LogP) is 3.63. The van der Waals surface area contributed by atoms with Crippen molar-refractivity contribution in [1.82, 2.24) is 0 Å². The van der Waals surface area contributed by atoms with E-state index in [1.54, 1.807) is 45.2 Å². The summed E-state index contributed by atoms with van der Waals surface area (Å²) in [7, 11) is 1.61. The summed E-state index contributed by atoms with van der Waals surface area (Å²) in [6.45, 7) is 3.30. The number of hydrogen-bond donors (Lipinski definition) is 2. The zero-order valence-electron chi connectivity index (χ0n) is 14.7. The third-order valence-electron chi connectivity index (χ3n) is 4.20. The van der Waals surface area contributed by atoms with E-state index in [9.17, 15) is 14.7 Å². The SMILES string of the molecule is COc1cccc(CCC(=O)Nc2ccc(C(C)(C)C(=O)O)cc2)c1. The minimum Gasteiger partial charge on any atom is -0.497 e. The van der Waals surface area contributed by atoms with E-state index < -0.39 is 11.4 Å². The Labute approximate surface area is 147 Å². The smallest absolute Gasteiger partial charge is 0.313 e. The van der Waals surface area contributed by atoms with Crippen LogP contribution in [0.15, 0.2) is 48.5 Å². The van der Waals surface area contributed by atoms with E-state index in [-0.39, 0.29) is 5.91 Å². The van der Waals surface area contributed by atoms with E-state index in [0.717, 1.165) is 11.3 Å². The quantitative estimate of drug-likeness (QED) is 0.806. The number of anilines is 1. The van der Waals surface area contributed by atoms with Crippen molar-refractivity contribution < 1.29 is 19.4 Å². The number of benzene rings is 2. The van der Waals surface area contributed by atoms with Gasteiger partial charge in [0.05, 0.1) is 12.5 Å². The van der Waals surface area contributed by atoms with Crippen LogP contribution in [0.1, 0.15) is 31.4 Å². The van der Waals surface area contributed by atoms with Gasteiger partial charge in [-0.05, 0) is 55.7 Å². The molecule has 2 rings (SSSR count). The molecule has 0 radical (unpaired) electrons. The Hall–Kier alpha value is -2.82. The average Bonchev–Trinajstić information content (AvgIpc) is 2.60. The van der Waals surface area contributed by atoms with Crippen molar-refractivity contribution in [3.05, 3.63) is 59.7 Å². The summed E-state index contributed by atoms with van der Waals surface area (Å²) in [5.74, 6) is -0.204. The molecule has 25 heavy (non-hydrogen) atoms. The van der Waals surface area contributed by atoms with Gasteiger partial charge in [0, 0.05) is 12.1 Å². The fraction of sp³-hybridized carbons (Fsp3) is 0.300. The lowest BCUT2D eigenvalue weighted by atomic mass is 9.85. The van der Waals surface area contributed by atoms with Crippen LogP contribution < -0.4 is 10.1 Å². The highest BCUT2D eigenvalue weighted by Gasteiger charge is 2.29. The third-order valence-corrected chi connectivity index (χ3v) is 4.20. The van der Waals surface area contributed by atoms with Gasteiger partial charge < -0.3 is 15.2 Å². The molecular formula is C20H23NO4. The standard InChI is InChI=1S/C20H23NO4/c1-20(2,19(23)24)15-8-10-16(11-9-15)21-18(22)12-7-14-5-4-6-17(13-14)25-3/h4-6,8-11,13H,7,12H2,1-3H3,(H,21,22)(H,23,24). The molecule has 0 fully saturated rings. The van der Waals surface area contributed by atoms with Gasteiger partial charge in [0.1, 0.15) is 5.75 Å². The van der Waals surface area contributed by atoms with Crippen LogP contribution in [0.4, 0.5) is 5.69 Å². The Morgan fingerprint density at radius 3 is 2.40 bits per heavy atom. The molecule has 0 heterocycles. The van der Waals surface area contributed by atoms with Gasteiger partial charge in [-0.25, -0.2) is 0 Å². The number of methoxy groups -OCH3 is 1. The summed E-state index contributed by atoms with van der Waals surface area (Å²) in [5, 5.41) is 12.1. The highest BCUT2D eigenvalue weighted by atomic mass is 16.5. The average molecular weight is 341 g/mol. The van der Waals surface area contributed by atoms with Gasteiger partial charge in [-0.3, -0.25) is 9.59 Å². The van der Waals surface area contributed by atoms with E-state index in [1.807, 2.05) is 24.3 Å². The normalized spacial score (nSPS) is 11.0. The predicted molar refractivity (Wildman–Crippen MR) is 97.0 cm³/mol. The van der Waals surface area contributed by atoms with Crippen molar-refractivity contribution in [3.8, 4) is 5.75 Å². The zero-order chi connectivity index (χ0) is 18.4. The van der Waals surface area contributed by atoms with Gasteiger partial charge in [-0.1, -0.05) is 24.3 Å². The maximum absolute atomic E-state index is 12.1. The number of nitrogens with one attached hydrogen (secondary N) is 1. The number of carbonyl (C=O) groups excluding carboxylic acids is 1. The van der Waals surface area contributed by atoms with E-state index in [1.165, 1.54) is 0 Å². The maximum atomic E-state index is 12.1. The maximum Gasteiger partial charge on any atom is 0.313 e. The number of amides is 1. The topological polar surface area (TPSA) is 75.6 Å². The Balaban J connectivity index is 1.93. The molecule has 0 spiro atoms. The van der Waals surface area contributed by atoms with Gasteiger partial charge in [-0.2, -0.15) is 0 Å². The summed E-state index contributed by atoms with van der Waals surface area (Å²) in [6.07, 6.45) is 0.975. The second-order valence-electron chi connectivity index (χ2n) is 6.41. The first-order valence-electron chi connectivity index (χ1n) is 8.09. The molecule has 0 unspecified atom stereocenters.